The fourth-order valence-electron chi connectivity index (χ4n) is 2.82. The van der Waals surface area contributed by atoms with Crippen LogP contribution in [0.1, 0.15) is 65.6 Å². The zero-order valence-corrected chi connectivity index (χ0v) is 13.9. The maximum atomic E-state index is 6.07. The average Bonchev–Trinajstić information content (AvgIpc) is 2.96. The van der Waals surface area contributed by atoms with Crippen LogP contribution in [-0.2, 0) is 6.54 Å². The molecule has 116 valence electrons. The molecule has 20 heavy (non-hydrogen) atoms. The summed E-state index contributed by atoms with van der Waals surface area (Å²) in [5.41, 5.74) is 7.32. The number of nitrogens with zero attached hydrogens (tertiary/aromatic N) is 3. The minimum absolute atomic E-state index is 0.106. The fourth-order valence-corrected chi connectivity index (χ4v) is 2.82. The first-order valence-corrected chi connectivity index (χ1v) is 8.05. The maximum Gasteiger partial charge on any atom is 0.0765 e. The van der Waals surface area contributed by atoms with Crippen molar-refractivity contribution in [3.63, 3.8) is 0 Å². The molecule has 0 aliphatic heterocycles. The van der Waals surface area contributed by atoms with Crippen LogP contribution in [0.2, 0.25) is 0 Å². The van der Waals surface area contributed by atoms with Gasteiger partial charge in [-0.1, -0.05) is 27.7 Å². The van der Waals surface area contributed by atoms with Gasteiger partial charge in [-0.15, -0.1) is 0 Å². The van der Waals surface area contributed by atoms with E-state index in [0.29, 0.717) is 12.6 Å². The molecule has 1 heterocycles. The Morgan fingerprint density at radius 1 is 1.30 bits per heavy atom. The van der Waals surface area contributed by atoms with Crippen molar-refractivity contribution in [1.82, 2.24) is 14.7 Å². The molecule has 0 radical (unpaired) electrons. The molecule has 0 saturated carbocycles. The Labute approximate surface area is 124 Å². The maximum absolute atomic E-state index is 6.07. The first-order chi connectivity index (χ1) is 9.56. The highest BCUT2D eigenvalue weighted by Gasteiger charge is 2.31. The van der Waals surface area contributed by atoms with E-state index in [1.807, 2.05) is 0 Å². The van der Waals surface area contributed by atoms with Gasteiger partial charge in [-0.3, -0.25) is 9.58 Å². The normalized spacial score (nSPS) is 13.9. The number of nitrogens with two attached hydrogens (primary N) is 1. The molecule has 0 bridgehead atoms. The summed E-state index contributed by atoms with van der Waals surface area (Å²) in [7, 11) is 0. The van der Waals surface area contributed by atoms with Crippen molar-refractivity contribution in [3.8, 4) is 0 Å². The Morgan fingerprint density at radius 3 is 2.40 bits per heavy atom. The molecule has 2 N–H and O–H groups in total. The third-order valence-corrected chi connectivity index (χ3v) is 4.81. The van der Waals surface area contributed by atoms with Crippen molar-refractivity contribution in [1.29, 1.82) is 0 Å². The van der Waals surface area contributed by atoms with E-state index in [1.54, 1.807) is 0 Å². The van der Waals surface area contributed by atoms with Gasteiger partial charge in [-0.25, -0.2) is 0 Å². The summed E-state index contributed by atoms with van der Waals surface area (Å²) in [6.45, 7) is 13.7. The summed E-state index contributed by atoms with van der Waals surface area (Å²) < 4.78 is 2.07. The van der Waals surface area contributed by atoms with Crippen molar-refractivity contribution in [2.75, 3.05) is 13.1 Å². The van der Waals surface area contributed by atoms with Crippen LogP contribution in [0.3, 0.4) is 0 Å². The molecule has 1 aromatic heterocycles. The van der Waals surface area contributed by atoms with Crippen LogP contribution in [0.15, 0.2) is 12.3 Å². The predicted molar refractivity (Wildman–Crippen MR) is 85.7 cm³/mol. The average molecular weight is 280 g/mol. The molecule has 0 spiro atoms. The summed E-state index contributed by atoms with van der Waals surface area (Å²) >= 11 is 0. The quantitative estimate of drug-likeness (QED) is 0.755. The van der Waals surface area contributed by atoms with Crippen LogP contribution in [0.25, 0.3) is 0 Å². The Hall–Kier alpha value is -0.870. The lowest BCUT2D eigenvalue weighted by Gasteiger charge is -2.41. The Kier molecular flexibility index (Phi) is 6.69. The van der Waals surface area contributed by atoms with Crippen molar-refractivity contribution in [3.05, 3.63) is 18.0 Å². The van der Waals surface area contributed by atoms with Gasteiger partial charge in [0.25, 0.3) is 0 Å². The third-order valence-electron chi connectivity index (χ3n) is 4.81. The molecule has 4 nitrogen and oxygen atoms in total. The molecule has 4 heteroatoms. The number of aromatic nitrogens is 2. The molecule has 0 saturated heterocycles. The molecule has 1 atom stereocenters. The Balaban J connectivity index is 2.85. The molecule has 1 rings (SSSR count). The van der Waals surface area contributed by atoms with Gasteiger partial charge in [-0.2, -0.15) is 5.10 Å². The van der Waals surface area contributed by atoms with E-state index in [0.717, 1.165) is 38.0 Å². The van der Waals surface area contributed by atoms with Gasteiger partial charge in [0.05, 0.1) is 5.69 Å². The van der Waals surface area contributed by atoms with Gasteiger partial charge in [0.1, 0.15) is 0 Å². The van der Waals surface area contributed by atoms with Crippen molar-refractivity contribution < 1.29 is 0 Å². The highest BCUT2D eigenvalue weighted by Crippen LogP contribution is 2.24. The molecule has 0 amide bonds. The van der Waals surface area contributed by atoms with E-state index in [9.17, 15) is 0 Å². The second kappa shape index (κ2) is 7.79. The molecular formula is C16H32N4. The monoisotopic (exact) mass is 280 g/mol. The van der Waals surface area contributed by atoms with E-state index >= 15 is 0 Å². The van der Waals surface area contributed by atoms with Crippen LogP contribution in [0.5, 0.6) is 0 Å². The molecular weight excluding hydrogens is 248 g/mol. The number of rotatable bonds is 9. The van der Waals surface area contributed by atoms with E-state index in [2.05, 4.69) is 56.5 Å². The van der Waals surface area contributed by atoms with Gasteiger partial charge >= 0.3 is 0 Å². The highest BCUT2D eigenvalue weighted by molar-refractivity contribution is 5.02. The van der Waals surface area contributed by atoms with Crippen LogP contribution >= 0.6 is 0 Å². The zero-order chi connectivity index (χ0) is 15.2. The molecule has 0 aliphatic rings. The Bertz CT molecular complexity index is 373. The zero-order valence-electron chi connectivity index (χ0n) is 13.9. The van der Waals surface area contributed by atoms with Crippen LogP contribution in [0.4, 0.5) is 0 Å². The van der Waals surface area contributed by atoms with Crippen molar-refractivity contribution in [2.24, 2.45) is 5.73 Å². The second-order valence-corrected chi connectivity index (χ2v) is 5.69. The molecule has 0 aromatic carbocycles. The lowest BCUT2D eigenvalue weighted by Crippen LogP contribution is -2.52. The van der Waals surface area contributed by atoms with Gasteiger partial charge in [0.15, 0.2) is 0 Å². The topological polar surface area (TPSA) is 47.1 Å². The minimum Gasteiger partial charge on any atom is -0.329 e. The van der Waals surface area contributed by atoms with Gasteiger partial charge in [-0.05, 0) is 38.8 Å². The van der Waals surface area contributed by atoms with Gasteiger partial charge in [0, 0.05) is 30.9 Å². The summed E-state index contributed by atoms with van der Waals surface area (Å²) in [5, 5.41) is 4.72. The van der Waals surface area contributed by atoms with E-state index in [1.165, 1.54) is 0 Å². The van der Waals surface area contributed by atoms with E-state index in [4.69, 9.17) is 10.8 Å². The van der Waals surface area contributed by atoms with E-state index < -0.39 is 0 Å². The van der Waals surface area contributed by atoms with Crippen LogP contribution in [-0.4, -0.2) is 33.3 Å². The van der Waals surface area contributed by atoms with Crippen molar-refractivity contribution in [2.45, 2.75) is 72.0 Å². The lowest BCUT2D eigenvalue weighted by atomic mass is 9.90. The van der Waals surface area contributed by atoms with E-state index in [-0.39, 0.29) is 5.54 Å². The Morgan fingerprint density at radius 2 is 1.95 bits per heavy atom. The second-order valence-electron chi connectivity index (χ2n) is 5.69. The summed E-state index contributed by atoms with van der Waals surface area (Å²) in [6.07, 6.45) is 5.37. The molecule has 1 unspecified atom stereocenters. The SMILES string of the molecule is CCC(C)n1ccc(CN(CC)C(CC)(CC)CN)n1. The first kappa shape index (κ1) is 17.2. The molecule has 0 aliphatic carbocycles. The predicted octanol–water partition coefficient (Wildman–Crippen LogP) is 3.19. The molecule has 0 fully saturated rings. The summed E-state index contributed by atoms with van der Waals surface area (Å²) in [5.74, 6) is 0. The standard InChI is InChI=1S/C16H32N4/c1-6-14(5)20-11-10-15(18-20)12-19(9-4)16(7-2,8-3)13-17/h10-11,14H,6-9,12-13,17H2,1-5H3. The summed E-state index contributed by atoms with van der Waals surface area (Å²) in [4.78, 5) is 2.48. The largest absolute Gasteiger partial charge is 0.329 e. The third kappa shape index (κ3) is 3.61. The number of hydrogen-bond donors (Lipinski definition) is 1. The smallest absolute Gasteiger partial charge is 0.0765 e. The van der Waals surface area contributed by atoms with Gasteiger partial charge < -0.3 is 5.73 Å². The minimum atomic E-state index is 0.106. The van der Waals surface area contributed by atoms with Crippen molar-refractivity contribution >= 4 is 0 Å². The van der Waals surface area contributed by atoms with Crippen LogP contribution in [0, 0.1) is 0 Å². The fraction of sp³-hybridized carbons (Fsp3) is 0.812. The lowest BCUT2D eigenvalue weighted by molar-refractivity contribution is 0.0812. The molecule has 1 aromatic rings. The van der Waals surface area contributed by atoms with Gasteiger partial charge in [0.2, 0.25) is 0 Å². The first-order valence-electron chi connectivity index (χ1n) is 8.05. The highest BCUT2D eigenvalue weighted by atomic mass is 15.3. The number of likely N-dealkylation sites (N-methyl/N-ethyl adjacent to an activating group) is 1. The number of hydrogen-bond acceptors (Lipinski definition) is 3. The summed E-state index contributed by atoms with van der Waals surface area (Å²) in [6, 6.07) is 2.61. The van der Waals surface area contributed by atoms with Crippen LogP contribution < -0.4 is 5.73 Å².